The molecule has 3 N–H and O–H groups in total. The van der Waals surface area contributed by atoms with E-state index in [1.807, 2.05) is 30.3 Å². The second kappa shape index (κ2) is 6.82. The summed E-state index contributed by atoms with van der Waals surface area (Å²) in [4.78, 5) is 22.5. The molecule has 3 rings (SSSR count). The molecule has 0 atom stereocenters. The molecule has 0 aliphatic rings. The maximum absolute atomic E-state index is 11.6. The zero-order valence-corrected chi connectivity index (χ0v) is 12.7. The van der Waals surface area contributed by atoms with E-state index in [0.717, 1.165) is 5.56 Å². The summed E-state index contributed by atoms with van der Waals surface area (Å²) in [5.41, 5.74) is 7.33. The molecule has 3 aromatic rings. The number of nitrogens with one attached hydrogen (secondary N) is 1. The number of benzene rings is 2. The van der Waals surface area contributed by atoms with Crippen LogP contribution in [0.3, 0.4) is 0 Å². The van der Waals surface area contributed by atoms with E-state index in [1.54, 1.807) is 18.2 Å². The largest absolute Gasteiger partial charge is 0.492 e. The summed E-state index contributed by atoms with van der Waals surface area (Å²) in [6, 6.07) is 14.4. The Morgan fingerprint density at radius 3 is 2.54 bits per heavy atom. The van der Waals surface area contributed by atoms with Crippen LogP contribution in [0.1, 0.15) is 16.2 Å². The first-order chi connectivity index (χ1) is 11.6. The lowest BCUT2D eigenvalue weighted by Crippen LogP contribution is -2.12. The van der Waals surface area contributed by atoms with E-state index in [4.69, 9.17) is 14.9 Å². The number of ether oxygens (including phenoxy) is 1. The van der Waals surface area contributed by atoms with E-state index in [-0.39, 0.29) is 12.5 Å². The highest BCUT2D eigenvalue weighted by Gasteiger charge is 2.13. The van der Waals surface area contributed by atoms with Crippen LogP contribution in [-0.4, -0.2) is 22.7 Å². The van der Waals surface area contributed by atoms with Gasteiger partial charge in [-0.2, -0.15) is 0 Å². The number of H-pyrrole nitrogens is 1. The maximum Gasteiger partial charge on any atom is 0.434 e. The van der Waals surface area contributed by atoms with Crippen LogP contribution < -0.4 is 16.2 Å². The minimum Gasteiger partial charge on any atom is -0.492 e. The molecule has 0 aliphatic heterocycles. The molecule has 7 nitrogen and oxygen atoms in total. The van der Waals surface area contributed by atoms with Crippen LogP contribution in [0.2, 0.25) is 0 Å². The number of carbonyl (C=O) groups excluding carboxylic acids is 1. The number of primary amides is 1. The fourth-order valence-electron chi connectivity index (χ4n) is 2.36. The number of hydrogen-bond donors (Lipinski definition) is 2. The van der Waals surface area contributed by atoms with Gasteiger partial charge in [-0.15, -0.1) is 5.10 Å². The Hall–Kier alpha value is -3.35. The highest BCUT2D eigenvalue weighted by molar-refractivity contribution is 6.00. The molecule has 2 aromatic carbocycles. The predicted molar refractivity (Wildman–Crippen MR) is 86.7 cm³/mol. The zero-order valence-electron chi connectivity index (χ0n) is 12.7. The summed E-state index contributed by atoms with van der Waals surface area (Å²) in [7, 11) is 0. The van der Waals surface area contributed by atoms with Crippen LogP contribution in [0.4, 0.5) is 0 Å². The van der Waals surface area contributed by atoms with Crippen molar-refractivity contribution in [2.75, 3.05) is 6.61 Å². The quantitative estimate of drug-likeness (QED) is 0.717. The van der Waals surface area contributed by atoms with E-state index in [1.165, 1.54) is 0 Å². The van der Waals surface area contributed by atoms with Gasteiger partial charge in [0.1, 0.15) is 5.75 Å². The number of nitrogens with zero attached hydrogens (tertiary/aromatic N) is 1. The Kier molecular flexibility index (Phi) is 4.42. The molecule has 0 radical (unpaired) electrons. The minimum atomic E-state index is -0.596. The summed E-state index contributed by atoms with van der Waals surface area (Å²) in [6.45, 7) is 0.267. The third kappa shape index (κ3) is 3.35. The Balaban J connectivity index is 1.83. The van der Waals surface area contributed by atoms with Gasteiger partial charge < -0.3 is 14.9 Å². The van der Waals surface area contributed by atoms with Crippen LogP contribution in [0.15, 0.2) is 57.7 Å². The number of carbonyl (C=O) groups is 1. The SMILES string of the molecule is NC(=O)c1ccccc1-c1ccccc1OCCc1n[nH]c(=O)o1. The van der Waals surface area contributed by atoms with Crippen molar-refractivity contribution < 1.29 is 13.9 Å². The number of amides is 1. The normalized spacial score (nSPS) is 10.5. The molecule has 1 heterocycles. The monoisotopic (exact) mass is 325 g/mol. The van der Waals surface area contributed by atoms with Crippen LogP contribution in [0.25, 0.3) is 11.1 Å². The summed E-state index contributed by atoms with van der Waals surface area (Å²) in [5.74, 6) is -0.224. The number of para-hydroxylation sites is 1. The third-order valence-corrected chi connectivity index (χ3v) is 3.43. The van der Waals surface area contributed by atoms with Gasteiger partial charge in [-0.1, -0.05) is 36.4 Å². The average Bonchev–Trinajstić information content (AvgIpc) is 3.00. The smallest absolute Gasteiger partial charge is 0.434 e. The molecule has 122 valence electrons. The van der Waals surface area contributed by atoms with Crippen molar-refractivity contribution in [2.45, 2.75) is 6.42 Å². The van der Waals surface area contributed by atoms with Crippen molar-refractivity contribution in [3.8, 4) is 16.9 Å². The Labute approximate surface area is 137 Å². The van der Waals surface area contributed by atoms with Gasteiger partial charge in [0.15, 0.2) is 0 Å². The van der Waals surface area contributed by atoms with Crippen molar-refractivity contribution in [2.24, 2.45) is 5.73 Å². The van der Waals surface area contributed by atoms with Crippen LogP contribution in [0.5, 0.6) is 5.75 Å². The fraction of sp³-hybridized carbons (Fsp3) is 0.118. The van der Waals surface area contributed by atoms with Crippen molar-refractivity contribution in [1.29, 1.82) is 0 Å². The van der Waals surface area contributed by atoms with Crippen LogP contribution >= 0.6 is 0 Å². The number of hydrogen-bond acceptors (Lipinski definition) is 5. The second-order valence-corrected chi connectivity index (χ2v) is 5.01. The van der Waals surface area contributed by atoms with Crippen molar-refractivity contribution in [3.05, 3.63) is 70.5 Å². The maximum atomic E-state index is 11.6. The number of rotatable bonds is 6. The van der Waals surface area contributed by atoms with E-state index >= 15 is 0 Å². The molecule has 0 fully saturated rings. The summed E-state index contributed by atoms with van der Waals surface area (Å²) < 4.78 is 10.6. The zero-order chi connectivity index (χ0) is 16.9. The van der Waals surface area contributed by atoms with Crippen molar-refractivity contribution in [3.63, 3.8) is 0 Å². The summed E-state index contributed by atoms with van der Waals surface area (Å²) >= 11 is 0. The van der Waals surface area contributed by atoms with Gasteiger partial charge in [0.2, 0.25) is 11.8 Å². The van der Waals surface area contributed by atoms with Gasteiger partial charge in [-0.05, 0) is 17.7 Å². The van der Waals surface area contributed by atoms with Gasteiger partial charge in [0, 0.05) is 11.1 Å². The molecule has 1 amide bonds. The number of nitrogens with two attached hydrogens (primary N) is 1. The standard InChI is InChI=1S/C17H15N3O4/c18-16(21)13-7-2-1-5-11(13)12-6-3-4-8-14(12)23-10-9-15-19-20-17(22)24-15/h1-8H,9-10H2,(H2,18,21)(H,20,22). The van der Waals surface area contributed by atoms with Crippen molar-refractivity contribution in [1.82, 2.24) is 10.2 Å². The van der Waals surface area contributed by atoms with E-state index in [0.29, 0.717) is 23.3 Å². The van der Waals surface area contributed by atoms with E-state index in [9.17, 15) is 9.59 Å². The second-order valence-electron chi connectivity index (χ2n) is 5.01. The molecule has 0 unspecified atom stereocenters. The van der Waals surface area contributed by atoms with Crippen LogP contribution in [-0.2, 0) is 6.42 Å². The lowest BCUT2D eigenvalue weighted by molar-refractivity contribution is 0.100. The van der Waals surface area contributed by atoms with Crippen LogP contribution in [0, 0.1) is 0 Å². The molecule has 24 heavy (non-hydrogen) atoms. The topological polar surface area (TPSA) is 111 Å². The van der Waals surface area contributed by atoms with Gasteiger partial charge in [-0.3, -0.25) is 4.79 Å². The first-order valence-corrected chi connectivity index (χ1v) is 7.30. The van der Waals surface area contributed by atoms with Gasteiger partial charge in [0.25, 0.3) is 0 Å². The van der Waals surface area contributed by atoms with Gasteiger partial charge >= 0.3 is 5.76 Å². The predicted octanol–water partition coefficient (Wildman–Crippen LogP) is 1.75. The summed E-state index contributed by atoms with van der Waals surface area (Å²) in [5, 5.41) is 5.91. The first-order valence-electron chi connectivity index (χ1n) is 7.30. The lowest BCUT2D eigenvalue weighted by Gasteiger charge is -2.13. The van der Waals surface area contributed by atoms with Crippen molar-refractivity contribution >= 4 is 5.91 Å². The Morgan fingerprint density at radius 1 is 1.12 bits per heavy atom. The average molecular weight is 325 g/mol. The van der Waals surface area contributed by atoms with E-state index < -0.39 is 11.7 Å². The van der Waals surface area contributed by atoms with Gasteiger partial charge in [0.05, 0.1) is 13.0 Å². The Morgan fingerprint density at radius 2 is 1.83 bits per heavy atom. The van der Waals surface area contributed by atoms with Gasteiger partial charge in [-0.25, -0.2) is 9.89 Å². The highest BCUT2D eigenvalue weighted by Crippen LogP contribution is 2.32. The molecule has 0 aliphatic carbocycles. The summed E-state index contributed by atoms with van der Waals surface area (Å²) in [6.07, 6.45) is 0.338. The number of aromatic amines is 1. The molecule has 0 bridgehead atoms. The van der Waals surface area contributed by atoms with E-state index in [2.05, 4.69) is 10.2 Å². The molecule has 0 spiro atoms. The third-order valence-electron chi connectivity index (χ3n) is 3.43. The molecule has 0 saturated carbocycles. The first kappa shape index (κ1) is 15.5. The molecule has 0 saturated heterocycles. The minimum absolute atomic E-state index is 0.267. The molecule has 1 aromatic heterocycles. The molecular formula is C17H15N3O4. The molecular weight excluding hydrogens is 310 g/mol. The number of aromatic nitrogens is 2. The highest BCUT2D eigenvalue weighted by atomic mass is 16.5. The lowest BCUT2D eigenvalue weighted by atomic mass is 9.98. The fourth-order valence-corrected chi connectivity index (χ4v) is 2.36. The molecule has 7 heteroatoms. The Bertz CT molecular complexity index is 914.